The van der Waals surface area contributed by atoms with Gasteiger partial charge in [-0.2, -0.15) is 0 Å². The van der Waals surface area contributed by atoms with Gasteiger partial charge in [-0.25, -0.2) is 0 Å². The molecule has 5 heteroatoms. The van der Waals surface area contributed by atoms with Crippen molar-refractivity contribution in [3.8, 4) is 0 Å². The molecule has 0 aromatic carbocycles. The van der Waals surface area contributed by atoms with Crippen molar-refractivity contribution >= 4 is 5.96 Å². The quantitative estimate of drug-likeness (QED) is 0.629. The van der Waals surface area contributed by atoms with E-state index in [9.17, 15) is 0 Å². The van der Waals surface area contributed by atoms with Crippen molar-refractivity contribution in [2.75, 3.05) is 45.9 Å². The van der Waals surface area contributed by atoms with Crippen LogP contribution in [0.15, 0.2) is 4.99 Å². The van der Waals surface area contributed by atoms with Gasteiger partial charge in [-0.3, -0.25) is 4.99 Å². The zero-order valence-corrected chi connectivity index (χ0v) is 13.9. The third-order valence-corrected chi connectivity index (χ3v) is 4.30. The second kappa shape index (κ2) is 7.99. The third-order valence-electron chi connectivity index (χ3n) is 4.30. The van der Waals surface area contributed by atoms with E-state index >= 15 is 0 Å². The highest BCUT2D eigenvalue weighted by Crippen LogP contribution is 2.18. The molecule has 2 heterocycles. The molecular weight excluding hydrogens is 264 g/mol. The van der Waals surface area contributed by atoms with Crippen LogP contribution in [0.1, 0.15) is 33.6 Å². The van der Waals surface area contributed by atoms with E-state index in [-0.39, 0.29) is 6.10 Å². The fraction of sp³-hybridized carbons (Fsp3) is 0.938. The monoisotopic (exact) mass is 296 g/mol. The molecule has 0 aliphatic carbocycles. The summed E-state index contributed by atoms with van der Waals surface area (Å²) in [5.74, 6) is 2.10. The van der Waals surface area contributed by atoms with Crippen molar-refractivity contribution < 1.29 is 4.74 Å². The van der Waals surface area contributed by atoms with Crippen molar-refractivity contribution in [1.82, 2.24) is 9.80 Å². The lowest BCUT2D eigenvalue weighted by Crippen LogP contribution is -2.48. The summed E-state index contributed by atoms with van der Waals surface area (Å²) in [6.45, 7) is 13.6. The molecule has 0 spiro atoms. The number of likely N-dealkylation sites (tertiary alicyclic amines) is 1. The number of nitrogens with zero attached hydrogens (tertiary/aromatic N) is 3. The lowest BCUT2D eigenvalue weighted by Gasteiger charge is -2.34. The van der Waals surface area contributed by atoms with E-state index < -0.39 is 0 Å². The Bertz CT molecular complexity index is 345. The van der Waals surface area contributed by atoms with Crippen molar-refractivity contribution in [3.05, 3.63) is 0 Å². The maximum atomic E-state index is 6.15. The van der Waals surface area contributed by atoms with E-state index in [1.54, 1.807) is 0 Å². The van der Waals surface area contributed by atoms with Gasteiger partial charge in [0.15, 0.2) is 5.96 Å². The number of morpholine rings is 1. The van der Waals surface area contributed by atoms with Crippen LogP contribution >= 0.6 is 0 Å². The Hall–Kier alpha value is -0.810. The topological polar surface area (TPSA) is 54.1 Å². The maximum absolute atomic E-state index is 6.15. The van der Waals surface area contributed by atoms with Gasteiger partial charge in [0.1, 0.15) is 0 Å². The molecule has 2 atom stereocenters. The summed E-state index contributed by atoms with van der Waals surface area (Å²) in [6, 6.07) is 0. The average molecular weight is 296 g/mol. The lowest BCUT2D eigenvalue weighted by molar-refractivity contribution is 0.00525. The molecule has 0 radical (unpaired) electrons. The van der Waals surface area contributed by atoms with Gasteiger partial charge in [-0.05, 0) is 38.1 Å². The van der Waals surface area contributed by atoms with Gasteiger partial charge in [0.05, 0.1) is 12.7 Å². The molecule has 122 valence electrons. The summed E-state index contributed by atoms with van der Waals surface area (Å²) in [7, 11) is 0. The van der Waals surface area contributed by atoms with Crippen molar-refractivity contribution in [3.63, 3.8) is 0 Å². The van der Waals surface area contributed by atoms with E-state index in [0.717, 1.165) is 32.2 Å². The highest BCUT2D eigenvalue weighted by Gasteiger charge is 2.21. The van der Waals surface area contributed by atoms with Crippen LogP contribution in [0.25, 0.3) is 0 Å². The Balaban J connectivity index is 1.79. The number of piperidine rings is 1. The summed E-state index contributed by atoms with van der Waals surface area (Å²) in [5.41, 5.74) is 6.15. The molecule has 5 nitrogen and oxygen atoms in total. The van der Waals surface area contributed by atoms with Gasteiger partial charge in [0, 0.05) is 32.7 Å². The molecule has 0 bridgehead atoms. The van der Waals surface area contributed by atoms with Crippen LogP contribution in [-0.2, 0) is 4.74 Å². The minimum Gasteiger partial charge on any atom is -0.375 e. The Morgan fingerprint density at radius 3 is 2.86 bits per heavy atom. The van der Waals surface area contributed by atoms with E-state index in [4.69, 9.17) is 10.5 Å². The first-order chi connectivity index (χ1) is 10.0. The Labute approximate surface area is 129 Å². The molecule has 2 N–H and O–H groups in total. The molecule has 2 aliphatic rings. The fourth-order valence-corrected chi connectivity index (χ4v) is 3.33. The van der Waals surface area contributed by atoms with E-state index in [1.165, 1.54) is 32.5 Å². The lowest BCUT2D eigenvalue weighted by atomic mass is 9.97. The Kier molecular flexibility index (Phi) is 6.30. The standard InChI is InChI=1S/C16H32N4O/c1-13(2)10-19-6-4-5-15(12-19)9-18-16(17)20-7-8-21-14(3)11-20/h13-15H,4-12H2,1-3H3,(H2,17,18). The third kappa shape index (κ3) is 5.47. The van der Waals surface area contributed by atoms with Gasteiger partial charge in [-0.1, -0.05) is 13.8 Å². The largest absolute Gasteiger partial charge is 0.375 e. The molecule has 2 saturated heterocycles. The number of aliphatic imine (C=N–C) groups is 1. The van der Waals surface area contributed by atoms with Gasteiger partial charge < -0.3 is 20.3 Å². The Morgan fingerprint density at radius 2 is 2.14 bits per heavy atom. The van der Waals surface area contributed by atoms with Crippen LogP contribution in [0.2, 0.25) is 0 Å². The second-order valence-electron chi connectivity index (χ2n) is 6.99. The summed E-state index contributed by atoms with van der Waals surface area (Å²) in [5, 5.41) is 0. The van der Waals surface area contributed by atoms with E-state index in [1.807, 2.05) is 0 Å². The maximum Gasteiger partial charge on any atom is 0.191 e. The summed E-state index contributed by atoms with van der Waals surface area (Å²) in [6.07, 6.45) is 2.83. The number of ether oxygens (including phenoxy) is 1. The molecule has 0 amide bonds. The summed E-state index contributed by atoms with van der Waals surface area (Å²) in [4.78, 5) is 9.40. The van der Waals surface area contributed by atoms with Crippen LogP contribution < -0.4 is 5.73 Å². The zero-order valence-electron chi connectivity index (χ0n) is 13.9. The van der Waals surface area contributed by atoms with Crippen LogP contribution in [0.5, 0.6) is 0 Å². The van der Waals surface area contributed by atoms with Crippen molar-refractivity contribution in [2.45, 2.75) is 39.7 Å². The van der Waals surface area contributed by atoms with Gasteiger partial charge in [0.2, 0.25) is 0 Å². The zero-order chi connectivity index (χ0) is 15.2. The predicted octanol–water partition coefficient (Wildman–Crippen LogP) is 1.39. The molecule has 21 heavy (non-hydrogen) atoms. The minimum absolute atomic E-state index is 0.253. The number of hydrogen-bond donors (Lipinski definition) is 1. The normalized spacial score (nSPS) is 29.1. The molecule has 2 fully saturated rings. The smallest absolute Gasteiger partial charge is 0.191 e. The van der Waals surface area contributed by atoms with Gasteiger partial charge in [0.25, 0.3) is 0 Å². The molecule has 0 saturated carbocycles. The summed E-state index contributed by atoms with van der Waals surface area (Å²) < 4.78 is 5.54. The van der Waals surface area contributed by atoms with Crippen LogP contribution in [0.3, 0.4) is 0 Å². The van der Waals surface area contributed by atoms with Gasteiger partial charge in [-0.15, -0.1) is 0 Å². The minimum atomic E-state index is 0.253. The fourth-order valence-electron chi connectivity index (χ4n) is 3.33. The first-order valence-electron chi connectivity index (χ1n) is 8.43. The second-order valence-corrected chi connectivity index (χ2v) is 6.99. The molecule has 2 aliphatic heterocycles. The van der Waals surface area contributed by atoms with E-state index in [2.05, 4.69) is 35.6 Å². The first-order valence-corrected chi connectivity index (χ1v) is 8.43. The van der Waals surface area contributed by atoms with Crippen molar-refractivity contribution in [2.24, 2.45) is 22.6 Å². The number of rotatable bonds is 4. The average Bonchev–Trinajstić information content (AvgIpc) is 2.44. The first kappa shape index (κ1) is 16.6. The van der Waals surface area contributed by atoms with Crippen LogP contribution in [0.4, 0.5) is 0 Å². The molecule has 2 rings (SSSR count). The van der Waals surface area contributed by atoms with Crippen LogP contribution in [0, 0.1) is 11.8 Å². The van der Waals surface area contributed by atoms with Crippen molar-refractivity contribution in [1.29, 1.82) is 0 Å². The number of nitrogens with two attached hydrogens (primary N) is 1. The highest BCUT2D eigenvalue weighted by molar-refractivity contribution is 5.78. The van der Waals surface area contributed by atoms with Crippen LogP contribution in [-0.4, -0.2) is 67.7 Å². The Morgan fingerprint density at radius 1 is 1.33 bits per heavy atom. The molecule has 0 aromatic rings. The molecule has 0 aromatic heterocycles. The predicted molar refractivity (Wildman–Crippen MR) is 87.5 cm³/mol. The summed E-state index contributed by atoms with van der Waals surface area (Å²) >= 11 is 0. The molecular formula is C16H32N4O. The number of hydrogen-bond acceptors (Lipinski definition) is 3. The SMILES string of the molecule is CC(C)CN1CCCC(CN=C(N)N2CCOC(C)C2)C1. The van der Waals surface area contributed by atoms with E-state index in [0.29, 0.717) is 11.9 Å². The molecule has 2 unspecified atom stereocenters. The van der Waals surface area contributed by atoms with Gasteiger partial charge >= 0.3 is 0 Å². The highest BCUT2D eigenvalue weighted by atomic mass is 16.5. The number of guanidine groups is 1.